The zero-order valence-electron chi connectivity index (χ0n) is 27.3. The van der Waals surface area contributed by atoms with E-state index in [4.69, 9.17) is 14.2 Å². The van der Waals surface area contributed by atoms with E-state index in [1.807, 2.05) is 13.8 Å². The molecule has 1 saturated heterocycles. The van der Waals surface area contributed by atoms with Gasteiger partial charge in [0.25, 0.3) is 5.78 Å². The van der Waals surface area contributed by atoms with Gasteiger partial charge in [0.15, 0.2) is 15.8 Å². The van der Waals surface area contributed by atoms with E-state index in [1.165, 1.54) is 28.8 Å². The lowest BCUT2D eigenvalue weighted by Gasteiger charge is -2.24. The molecule has 4 aromatic rings. The number of aliphatic hydroxyl groups excluding tert-OH is 1. The van der Waals surface area contributed by atoms with Gasteiger partial charge in [-0.2, -0.15) is 0 Å². The summed E-state index contributed by atoms with van der Waals surface area (Å²) >= 11 is 2.53. The van der Waals surface area contributed by atoms with E-state index >= 15 is 0 Å². The van der Waals surface area contributed by atoms with Crippen molar-refractivity contribution in [2.45, 2.75) is 56.7 Å². The average molecular weight is 692 g/mol. The molecular weight excluding hydrogens is 654 g/mol. The van der Waals surface area contributed by atoms with Crippen LogP contribution in [0.2, 0.25) is 0 Å². The highest BCUT2D eigenvalue weighted by molar-refractivity contribution is 8.00. The number of ketones is 1. The van der Waals surface area contributed by atoms with Gasteiger partial charge in [0.05, 0.1) is 31.4 Å². The molecule has 5 rings (SSSR count). The molecule has 3 aromatic carbocycles. The van der Waals surface area contributed by atoms with Crippen molar-refractivity contribution in [3.05, 3.63) is 94.8 Å². The normalized spacial score (nSPS) is 15.7. The molecule has 9 nitrogen and oxygen atoms in total. The molecule has 0 radical (unpaired) electrons. The van der Waals surface area contributed by atoms with Crippen LogP contribution in [-0.2, 0) is 15.3 Å². The lowest BCUT2D eigenvalue weighted by Crippen LogP contribution is -2.29. The molecule has 48 heavy (non-hydrogen) atoms. The van der Waals surface area contributed by atoms with Gasteiger partial charge in [0.2, 0.25) is 5.13 Å². The number of rotatable bonds is 15. The number of halogens is 1. The average Bonchev–Trinajstić information content (AvgIpc) is 3.65. The molecule has 1 aliphatic heterocycles. The maximum absolute atomic E-state index is 13.8. The molecule has 1 fully saturated rings. The van der Waals surface area contributed by atoms with Gasteiger partial charge < -0.3 is 19.3 Å². The highest BCUT2D eigenvalue weighted by Gasteiger charge is 2.48. The summed E-state index contributed by atoms with van der Waals surface area (Å²) < 4.78 is 31.6. The number of carbonyl (C=O) groups excluding carboxylic acids is 2. The first-order valence-electron chi connectivity index (χ1n) is 15.8. The zero-order valence-corrected chi connectivity index (χ0v) is 28.9. The Hall–Kier alpha value is -4.42. The summed E-state index contributed by atoms with van der Waals surface area (Å²) in [5.74, 6) is 0.239. The number of hydrogen-bond donors (Lipinski definition) is 1. The number of amides is 1. The number of carbonyl (C=O) groups is 2. The number of anilines is 1. The van der Waals surface area contributed by atoms with Gasteiger partial charge in [0, 0.05) is 11.3 Å². The van der Waals surface area contributed by atoms with Gasteiger partial charge in [-0.15, -0.1) is 10.2 Å². The Morgan fingerprint density at radius 3 is 2.40 bits per heavy atom. The van der Waals surface area contributed by atoms with Crippen molar-refractivity contribution in [1.82, 2.24) is 10.2 Å². The first-order valence-corrected chi connectivity index (χ1v) is 17.6. The summed E-state index contributed by atoms with van der Waals surface area (Å²) in [6.45, 7) is 9.50. The Bertz CT molecular complexity index is 1760. The van der Waals surface area contributed by atoms with Crippen LogP contribution in [0.1, 0.15) is 63.3 Å². The summed E-state index contributed by atoms with van der Waals surface area (Å²) in [5, 5.41) is 20.4. The smallest absolute Gasteiger partial charge is 0.301 e. The van der Waals surface area contributed by atoms with Gasteiger partial charge in [-0.3, -0.25) is 14.5 Å². The van der Waals surface area contributed by atoms with Crippen LogP contribution in [0.5, 0.6) is 17.2 Å². The Balaban J connectivity index is 1.54. The van der Waals surface area contributed by atoms with Crippen LogP contribution in [0.4, 0.5) is 9.52 Å². The van der Waals surface area contributed by atoms with Crippen LogP contribution >= 0.6 is 23.1 Å². The number of thioether (sulfide) groups is 1. The van der Waals surface area contributed by atoms with Crippen molar-refractivity contribution in [2.24, 2.45) is 5.92 Å². The molecule has 1 aromatic heterocycles. The molecule has 252 valence electrons. The second kappa shape index (κ2) is 16.1. The second-order valence-corrected chi connectivity index (χ2v) is 13.7. The van der Waals surface area contributed by atoms with E-state index in [-0.39, 0.29) is 22.3 Å². The lowest BCUT2D eigenvalue weighted by molar-refractivity contribution is -0.132. The van der Waals surface area contributed by atoms with E-state index in [0.29, 0.717) is 64.2 Å². The topological polar surface area (TPSA) is 111 Å². The van der Waals surface area contributed by atoms with E-state index in [0.717, 1.165) is 29.7 Å². The first kappa shape index (κ1) is 34.9. The summed E-state index contributed by atoms with van der Waals surface area (Å²) in [7, 11) is 0. The molecule has 0 saturated carbocycles. The number of ether oxygens (including phenoxy) is 3. The van der Waals surface area contributed by atoms with E-state index in [1.54, 1.807) is 54.6 Å². The summed E-state index contributed by atoms with van der Waals surface area (Å²) in [4.78, 5) is 28.8. The Labute approximate surface area is 287 Å². The van der Waals surface area contributed by atoms with Crippen LogP contribution in [0.15, 0.2) is 76.6 Å². The minimum atomic E-state index is -1.03. The molecule has 1 amide bonds. The number of Topliss-reactive ketones (excluding diaryl/α,β-unsaturated/α-hetero) is 1. The number of aromatic nitrogens is 2. The maximum Gasteiger partial charge on any atom is 0.301 e. The van der Waals surface area contributed by atoms with Gasteiger partial charge in [0.1, 0.15) is 17.3 Å². The molecule has 1 atom stereocenters. The predicted molar refractivity (Wildman–Crippen MR) is 185 cm³/mol. The quantitative estimate of drug-likeness (QED) is 0.0434. The minimum Gasteiger partial charge on any atom is -0.507 e. The summed E-state index contributed by atoms with van der Waals surface area (Å²) in [6.07, 6.45) is 1.70. The molecule has 2 heterocycles. The van der Waals surface area contributed by atoms with E-state index < -0.39 is 17.7 Å². The van der Waals surface area contributed by atoms with Crippen molar-refractivity contribution in [2.75, 3.05) is 24.7 Å². The predicted octanol–water partition coefficient (Wildman–Crippen LogP) is 8.21. The lowest BCUT2D eigenvalue weighted by atomic mass is 9.95. The van der Waals surface area contributed by atoms with Gasteiger partial charge in [-0.05, 0) is 85.3 Å². The van der Waals surface area contributed by atoms with Crippen LogP contribution in [0.25, 0.3) is 5.76 Å². The van der Waals surface area contributed by atoms with Crippen molar-refractivity contribution in [3.8, 4) is 17.2 Å². The Morgan fingerprint density at radius 2 is 1.71 bits per heavy atom. The van der Waals surface area contributed by atoms with E-state index in [2.05, 4.69) is 24.0 Å². The van der Waals surface area contributed by atoms with Gasteiger partial charge in [-0.1, -0.05) is 62.1 Å². The third-order valence-electron chi connectivity index (χ3n) is 7.46. The number of aliphatic hydroxyl groups is 1. The molecule has 0 spiro atoms. The van der Waals surface area contributed by atoms with Crippen molar-refractivity contribution in [3.63, 3.8) is 0 Å². The van der Waals surface area contributed by atoms with Crippen molar-refractivity contribution >= 4 is 45.7 Å². The fraction of sp³-hybridized carbons (Fsp3) is 0.333. The third kappa shape index (κ3) is 8.16. The maximum atomic E-state index is 13.8. The largest absolute Gasteiger partial charge is 0.507 e. The van der Waals surface area contributed by atoms with Crippen molar-refractivity contribution < 1.29 is 33.3 Å². The van der Waals surface area contributed by atoms with Crippen LogP contribution < -0.4 is 19.1 Å². The Kier molecular flexibility index (Phi) is 11.7. The van der Waals surface area contributed by atoms with Gasteiger partial charge >= 0.3 is 5.91 Å². The second-order valence-electron chi connectivity index (χ2n) is 11.5. The monoisotopic (exact) mass is 691 g/mol. The number of benzene rings is 3. The molecular formula is C36H38FN3O6S2. The summed E-state index contributed by atoms with van der Waals surface area (Å²) in [5.41, 5.74) is 1.68. The standard InChI is InChI=1S/C36H38FN3O6S2/c1-5-18-45-27-14-9-24(10-15-27)32(41)30-31(25-11-16-28(29(20-25)44-6-2)46-19-17-22(3)4)40(34(43)33(30)42)35-38-39-36(48-35)47-21-23-7-12-26(37)13-8-23/h7-16,20,22,31,41H,5-6,17-19,21H2,1-4H3. The molecule has 1 unspecified atom stereocenters. The SMILES string of the molecule is CCCOc1ccc(C(O)=C2C(=O)C(=O)N(c3nnc(SCc4ccc(F)cc4)s3)C2c2ccc(OCCC(C)C)c(OCC)c2)cc1. The fourth-order valence-corrected chi connectivity index (χ4v) is 6.82. The molecule has 12 heteroatoms. The highest BCUT2D eigenvalue weighted by Crippen LogP contribution is 2.46. The number of nitrogens with zero attached hydrogens (tertiary/aromatic N) is 3. The molecule has 1 N–H and O–H groups in total. The minimum absolute atomic E-state index is 0.0890. The van der Waals surface area contributed by atoms with Crippen LogP contribution in [0.3, 0.4) is 0 Å². The number of hydrogen-bond acceptors (Lipinski definition) is 10. The molecule has 1 aliphatic rings. The Morgan fingerprint density at radius 1 is 0.958 bits per heavy atom. The first-order chi connectivity index (χ1) is 23.2. The van der Waals surface area contributed by atoms with Crippen LogP contribution in [-0.4, -0.2) is 46.8 Å². The fourth-order valence-electron chi connectivity index (χ4n) is 5.00. The third-order valence-corrected chi connectivity index (χ3v) is 9.59. The highest BCUT2D eigenvalue weighted by atomic mass is 32.2. The van der Waals surface area contributed by atoms with Gasteiger partial charge in [-0.25, -0.2) is 4.39 Å². The van der Waals surface area contributed by atoms with Crippen LogP contribution in [0, 0.1) is 11.7 Å². The molecule has 0 aliphatic carbocycles. The van der Waals surface area contributed by atoms with Crippen molar-refractivity contribution in [1.29, 1.82) is 0 Å². The zero-order chi connectivity index (χ0) is 34.2. The molecule has 0 bridgehead atoms. The van der Waals surface area contributed by atoms with E-state index in [9.17, 15) is 19.1 Å². The summed E-state index contributed by atoms with van der Waals surface area (Å²) in [6, 6.07) is 17.1.